The molecule has 0 saturated carbocycles. The van der Waals surface area contributed by atoms with Crippen molar-refractivity contribution in [3.8, 4) is 17.1 Å². The van der Waals surface area contributed by atoms with Gasteiger partial charge in [0.05, 0.1) is 17.6 Å². The van der Waals surface area contributed by atoms with Crippen molar-refractivity contribution in [3.05, 3.63) is 72.6 Å². The van der Waals surface area contributed by atoms with Crippen molar-refractivity contribution in [2.24, 2.45) is 0 Å². The van der Waals surface area contributed by atoms with Crippen LogP contribution in [0.1, 0.15) is 5.69 Å². The fraction of sp³-hybridized carbons (Fsp3) is 0.0556. The van der Waals surface area contributed by atoms with Gasteiger partial charge in [0.2, 0.25) is 0 Å². The van der Waals surface area contributed by atoms with Crippen LogP contribution in [0.4, 0.5) is 0 Å². The van der Waals surface area contributed by atoms with Crippen LogP contribution in [0.25, 0.3) is 27.8 Å². The van der Waals surface area contributed by atoms with Crippen molar-refractivity contribution in [2.75, 3.05) is 0 Å². The number of aromatic nitrogens is 4. The third-order valence-corrected chi connectivity index (χ3v) is 3.65. The minimum Gasteiger partial charge on any atom is -0.212 e. The zero-order valence-electron chi connectivity index (χ0n) is 12.1. The number of hydrogen-bond acceptors (Lipinski definition) is 3. The number of rotatable bonds is 2. The zero-order valence-corrected chi connectivity index (χ0v) is 12.1. The van der Waals surface area contributed by atoms with Crippen LogP contribution in [-0.2, 0) is 0 Å². The lowest BCUT2D eigenvalue weighted by Crippen LogP contribution is -2.04. The second-order valence-corrected chi connectivity index (χ2v) is 5.20. The highest BCUT2D eigenvalue weighted by atomic mass is 15.3. The molecule has 0 amide bonds. The smallest absolute Gasteiger partial charge is 0.184 e. The number of benzene rings is 2. The average molecular weight is 286 g/mol. The number of fused-ring (bicyclic) bond motifs is 1. The number of hydrogen-bond donors (Lipinski definition) is 0. The predicted molar refractivity (Wildman–Crippen MR) is 86.8 cm³/mol. The zero-order chi connectivity index (χ0) is 14.9. The summed E-state index contributed by atoms with van der Waals surface area (Å²) < 4.78 is 1.88. The summed E-state index contributed by atoms with van der Waals surface area (Å²) in [4.78, 5) is 0. The molecule has 4 nitrogen and oxygen atoms in total. The third-order valence-electron chi connectivity index (χ3n) is 3.65. The van der Waals surface area contributed by atoms with Gasteiger partial charge in [-0.3, -0.25) is 0 Å². The minimum atomic E-state index is 0.755. The Morgan fingerprint density at radius 1 is 0.909 bits per heavy atom. The van der Waals surface area contributed by atoms with Gasteiger partial charge in [0.15, 0.2) is 5.82 Å². The van der Waals surface area contributed by atoms with E-state index in [2.05, 4.69) is 33.5 Å². The summed E-state index contributed by atoms with van der Waals surface area (Å²) in [5.41, 5.74) is 3.08. The SMILES string of the molecule is Cc1cc(-c2ccccc2)n(-c2nncc3ccccc23)n1. The van der Waals surface area contributed by atoms with Gasteiger partial charge in [-0.25, -0.2) is 4.68 Å². The van der Waals surface area contributed by atoms with Gasteiger partial charge in [0, 0.05) is 16.3 Å². The van der Waals surface area contributed by atoms with Gasteiger partial charge in [-0.2, -0.15) is 10.2 Å². The molecule has 0 atom stereocenters. The lowest BCUT2D eigenvalue weighted by atomic mass is 10.1. The third kappa shape index (κ3) is 2.05. The topological polar surface area (TPSA) is 43.6 Å². The van der Waals surface area contributed by atoms with E-state index in [4.69, 9.17) is 0 Å². The summed E-state index contributed by atoms with van der Waals surface area (Å²) in [5.74, 6) is 0.755. The van der Waals surface area contributed by atoms with Crippen molar-refractivity contribution < 1.29 is 0 Å². The molecule has 106 valence electrons. The van der Waals surface area contributed by atoms with Crippen LogP contribution in [0.15, 0.2) is 66.9 Å². The van der Waals surface area contributed by atoms with Crippen LogP contribution in [0.5, 0.6) is 0 Å². The van der Waals surface area contributed by atoms with E-state index in [0.29, 0.717) is 0 Å². The second kappa shape index (κ2) is 5.07. The van der Waals surface area contributed by atoms with Gasteiger partial charge >= 0.3 is 0 Å². The fourth-order valence-electron chi connectivity index (χ4n) is 2.64. The van der Waals surface area contributed by atoms with E-state index in [9.17, 15) is 0 Å². The van der Waals surface area contributed by atoms with Crippen LogP contribution >= 0.6 is 0 Å². The fourth-order valence-corrected chi connectivity index (χ4v) is 2.64. The number of nitrogens with zero attached hydrogens (tertiary/aromatic N) is 4. The van der Waals surface area contributed by atoms with E-state index in [1.165, 1.54) is 0 Å². The molecule has 0 aliphatic heterocycles. The Hall–Kier alpha value is -3.01. The Labute approximate surface area is 128 Å². The molecule has 0 fully saturated rings. The molecule has 2 heterocycles. The molecule has 0 aliphatic carbocycles. The first kappa shape index (κ1) is 12.7. The standard InChI is InChI=1S/C18H14N4/c1-13-11-17(14-7-3-2-4-8-14)22(21-13)18-16-10-6-5-9-15(16)12-19-20-18/h2-12H,1H3. The molecule has 0 unspecified atom stereocenters. The van der Waals surface area contributed by atoms with Gasteiger partial charge in [-0.15, -0.1) is 5.10 Å². The molecule has 2 aromatic heterocycles. The van der Waals surface area contributed by atoms with Gasteiger partial charge in [0.25, 0.3) is 0 Å². The maximum atomic E-state index is 4.62. The Morgan fingerprint density at radius 2 is 1.68 bits per heavy atom. The Morgan fingerprint density at radius 3 is 2.55 bits per heavy atom. The average Bonchev–Trinajstić information content (AvgIpc) is 2.97. The molecular formula is C18H14N4. The van der Waals surface area contributed by atoms with Crippen molar-refractivity contribution in [1.29, 1.82) is 0 Å². The molecule has 0 aliphatic rings. The largest absolute Gasteiger partial charge is 0.212 e. The maximum Gasteiger partial charge on any atom is 0.184 e. The molecular weight excluding hydrogens is 272 g/mol. The van der Waals surface area contributed by atoms with Gasteiger partial charge in [-0.1, -0.05) is 54.6 Å². The normalized spacial score (nSPS) is 11.0. The number of aryl methyl sites for hydroxylation is 1. The minimum absolute atomic E-state index is 0.755. The van der Waals surface area contributed by atoms with Gasteiger partial charge in [-0.05, 0) is 13.0 Å². The van der Waals surface area contributed by atoms with Crippen molar-refractivity contribution >= 4 is 10.8 Å². The lowest BCUT2D eigenvalue weighted by Gasteiger charge is -2.08. The highest BCUT2D eigenvalue weighted by Crippen LogP contribution is 2.26. The summed E-state index contributed by atoms with van der Waals surface area (Å²) >= 11 is 0. The molecule has 4 rings (SSSR count). The maximum absolute atomic E-state index is 4.62. The molecule has 0 radical (unpaired) electrons. The molecule has 0 saturated heterocycles. The monoisotopic (exact) mass is 286 g/mol. The first-order chi connectivity index (χ1) is 10.8. The quantitative estimate of drug-likeness (QED) is 0.563. The van der Waals surface area contributed by atoms with Crippen LogP contribution in [0, 0.1) is 6.92 Å². The lowest BCUT2D eigenvalue weighted by molar-refractivity contribution is 0.820. The van der Waals surface area contributed by atoms with E-state index in [1.807, 2.05) is 54.1 Å². The van der Waals surface area contributed by atoms with E-state index < -0.39 is 0 Å². The molecule has 2 aromatic carbocycles. The highest BCUT2D eigenvalue weighted by molar-refractivity contribution is 5.88. The van der Waals surface area contributed by atoms with E-state index in [0.717, 1.165) is 33.5 Å². The molecule has 4 heteroatoms. The first-order valence-corrected chi connectivity index (χ1v) is 7.16. The van der Waals surface area contributed by atoms with Gasteiger partial charge in [0.1, 0.15) is 0 Å². The molecule has 22 heavy (non-hydrogen) atoms. The van der Waals surface area contributed by atoms with Crippen LogP contribution in [0.3, 0.4) is 0 Å². The van der Waals surface area contributed by atoms with E-state index in [-0.39, 0.29) is 0 Å². The van der Waals surface area contributed by atoms with Crippen molar-refractivity contribution in [3.63, 3.8) is 0 Å². The van der Waals surface area contributed by atoms with E-state index >= 15 is 0 Å². The Kier molecular flexibility index (Phi) is 2.93. The van der Waals surface area contributed by atoms with Gasteiger partial charge < -0.3 is 0 Å². The highest BCUT2D eigenvalue weighted by Gasteiger charge is 2.13. The Bertz CT molecular complexity index is 936. The van der Waals surface area contributed by atoms with E-state index in [1.54, 1.807) is 6.20 Å². The van der Waals surface area contributed by atoms with Crippen molar-refractivity contribution in [1.82, 2.24) is 20.0 Å². The summed E-state index contributed by atoms with van der Waals surface area (Å²) in [6.07, 6.45) is 1.78. The summed E-state index contributed by atoms with van der Waals surface area (Å²) in [5, 5.41) is 15.2. The van der Waals surface area contributed by atoms with Crippen molar-refractivity contribution in [2.45, 2.75) is 6.92 Å². The summed E-state index contributed by atoms with van der Waals surface area (Å²) in [6.45, 7) is 1.99. The predicted octanol–water partition coefficient (Wildman–Crippen LogP) is 3.79. The molecule has 4 aromatic rings. The summed E-state index contributed by atoms with van der Waals surface area (Å²) in [7, 11) is 0. The van der Waals surface area contributed by atoms with Crippen LogP contribution in [-0.4, -0.2) is 20.0 Å². The van der Waals surface area contributed by atoms with Crippen LogP contribution < -0.4 is 0 Å². The molecule has 0 N–H and O–H groups in total. The van der Waals surface area contributed by atoms with Crippen LogP contribution in [0.2, 0.25) is 0 Å². The molecule has 0 spiro atoms. The second-order valence-electron chi connectivity index (χ2n) is 5.20. The molecule has 0 bridgehead atoms. The summed E-state index contributed by atoms with van der Waals surface area (Å²) in [6, 6.07) is 20.4. The Balaban J connectivity index is 2.00. The first-order valence-electron chi connectivity index (χ1n) is 7.16.